The normalized spacial score (nSPS) is 14.2. The predicted octanol–water partition coefficient (Wildman–Crippen LogP) is 5.00. The number of phenolic OH excluding ortho intramolecular Hbond substituents is 1. The van der Waals surface area contributed by atoms with Crippen molar-refractivity contribution in [1.29, 1.82) is 0 Å². The topological polar surface area (TPSA) is 66.8 Å². The summed E-state index contributed by atoms with van der Waals surface area (Å²) in [7, 11) is 1.54. The Morgan fingerprint density at radius 1 is 1.13 bits per heavy atom. The summed E-state index contributed by atoms with van der Waals surface area (Å²) in [5.74, 6) is 0.716. The minimum absolute atomic E-state index is 0.0267. The molecule has 31 heavy (non-hydrogen) atoms. The van der Waals surface area contributed by atoms with Crippen molar-refractivity contribution in [3.63, 3.8) is 0 Å². The van der Waals surface area contributed by atoms with Crippen molar-refractivity contribution in [2.75, 3.05) is 38.7 Å². The molecular weight excluding hydrogens is 397 g/mol. The summed E-state index contributed by atoms with van der Waals surface area (Å²) in [6, 6.07) is 10.0. The van der Waals surface area contributed by atoms with E-state index in [0.717, 1.165) is 24.1 Å². The zero-order chi connectivity index (χ0) is 21.8. The largest absolute Gasteiger partial charge is 0.508 e. The Balaban J connectivity index is 1.53. The standard InChI is InChI=1S/C24H28FN3O3/c1-16-12-19(25)22(14-23(16)29)26-21-15-24(30-2)27-20-13-17(6-7-18(20)21)31-11-5-10-28-8-3-4-9-28/h6-7,12-15,29H,3-5,8-11H2,1-2H3,(H,26,27). The second-order valence-corrected chi connectivity index (χ2v) is 7.89. The summed E-state index contributed by atoms with van der Waals surface area (Å²) in [5.41, 5.74) is 1.96. The van der Waals surface area contributed by atoms with Gasteiger partial charge < -0.3 is 24.8 Å². The number of methoxy groups -OCH3 is 1. The number of halogens is 1. The molecule has 3 aromatic rings. The number of nitrogens with one attached hydrogen (secondary N) is 1. The number of nitrogens with zero attached hydrogens (tertiary/aromatic N) is 2. The van der Waals surface area contributed by atoms with E-state index in [2.05, 4.69) is 15.2 Å². The minimum atomic E-state index is -0.447. The lowest BCUT2D eigenvalue weighted by Gasteiger charge is -2.15. The van der Waals surface area contributed by atoms with Gasteiger partial charge in [-0.3, -0.25) is 0 Å². The van der Waals surface area contributed by atoms with Crippen LogP contribution < -0.4 is 14.8 Å². The number of benzene rings is 2. The van der Waals surface area contributed by atoms with E-state index in [1.165, 1.54) is 45.2 Å². The van der Waals surface area contributed by atoms with Crippen LogP contribution >= 0.6 is 0 Å². The second-order valence-electron chi connectivity index (χ2n) is 7.89. The lowest BCUT2D eigenvalue weighted by atomic mass is 10.1. The number of hydrogen-bond acceptors (Lipinski definition) is 6. The van der Waals surface area contributed by atoms with Gasteiger partial charge in [0.25, 0.3) is 0 Å². The van der Waals surface area contributed by atoms with Crippen molar-refractivity contribution in [1.82, 2.24) is 9.88 Å². The number of likely N-dealkylation sites (tertiary alicyclic amines) is 1. The molecule has 0 amide bonds. The zero-order valence-electron chi connectivity index (χ0n) is 17.9. The number of aromatic hydroxyl groups is 1. The van der Waals surface area contributed by atoms with Gasteiger partial charge in [-0.25, -0.2) is 9.37 Å². The maximum Gasteiger partial charge on any atom is 0.215 e. The zero-order valence-corrected chi connectivity index (χ0v) is 17.9. The van der Waals surface area contributed by atoms with Gasteiger partial charge >= 0.3 is 0 Å². The van der Waals surface area contributed by atoms with E-state index in [1.54, 1.807) is 13.0 Å². The van der Waals surface area contributed by atoms with Gasteiger partial charge in [-0.2, -0.15) is 0 Å². The Kier molecular flexibility index (Phi) is 6.42. The predicted molar refractivity (Wildman–Crippen MR) is 120 cm³/mol. The molecule has 2 heterocycles. The lowest BCUT2D eigenvalue weighted by Crippen LogP contribution is -2.21. The van der Waals surface area contributed by atoms with Crippen molar-refractivity contribution in [3.8, 4) is 17.4 Å². The van der Waals surface area contributed by atoms with Crippen LogP contribution in [0.25, 0.3) is 10.9 Å². The van der Waals surface area contributed by atoms with Gasteiger partial charge in [0, 0.05) is 30.1 Å². The molecule has 1 aliphatic heterocycles. The van der Waals surface area contributed by atoms with Crippen LogP contribution in [-0.4, -0.2) is 48.3 Å². The molecule has 0 bridgehead atoms. The number of phenols is 1. The molecule has 0 unspecified atom stereocenters. The molecule has 1 fully saturated rings. The maximum atomic E-state index is 14.4. The van der Waals surface area contributed by atoms with Crippen molar-refractivity contribution in [2.24, 2.45) is 0 Å². The molecule has 0 saturated carbocycles. The van der Waals surface area contributed by atoms with Crippen molar-refractivity contribution in [3.05, 3.63) is 47.8 Å². The summed E-state index contributed by atoms with van der Waals surface area (Å²) in [6.07, 6.45) is 3.57. The molecule has 164 valence electrons. The summed E-state index contributed by atoms with van der Waals surface area (Å²) in [5, 5.41) is 13.8. The Morgan fingerprint density at radius 3 is 2.71 bits per heavy atom. The molecule has 6 nitrogen and oxygen atoms in total. The number of ether oxygens (including phenoxy) is 2. The fourth-order valence-electron chi connectivity index (χ4n) is 3.87. The highest BCUT2D eigenvalue weighted by atomic mass is 19.1. The number of anilines is 2. The van der Waals surface area contributed by atoms with Gasteiger partial charge in [-0.1, -0.05) is 0 Å². The Hall–Kier alpha value is -3.06. The fraction of sp³-hybridized carbons (Fsp3) is 0.375. The third-order valence-corrected chi connectivity index (χ3v) is 5.61. The Morgan fingerprint density at radius 2 is 1.94 bits per heavy atom. The first-order valence-corrected chi connectivity index (χ1v) is 10.6. The van der Waals surface area contributed by atoms with E-state index in [-0.39, 0.29) is 11.4 Å². The highest BCUT2D eigenvalue weighted by molar-refractivity contribution is 5.94. The average molecular weight is 426 g/mol. The molecule has 1 aliphatic rings. The van der Waals surface area contributed by atoms with Gasteiger partial charge in [0.15, 0.2) is 0 Å². The summed E-state index contributed by atoms with van der Waals surface area (Å²) >= 11 is 0. The maximum absolute atomic E-state index is 14.4. The molecule has 4 rings (SSSR count). The molecule has 2 N–H and O–H groups in total. The number of pyridine rings is 1. The second kappa shape index (κ2) is 9.39. The first-order chi connectivity index (χ1) is 15.0. The van der Waals surface area contributed by atoms with Crippen LogP contribution in [0.4, 0.5) is 15.8 Å². The van der Waals surface area contributed by atoms with Crippen LogP contribution in [0.2, 0.25) is 0 Å². The highest BCUT2D eigenvalue weighted by Gasteiger charge is 2.13. The molecule has 0 radical (unpaired) electrons. The highest BCUT2D eigenvalue weighted by Crippen LogP contribution is 2.34. The number of fused-ring (bicyclic) bond motifs is 1. The third-order valence-electron chi connectivity index (χ3n) is 5.61. The van der Waals surface area contributed by atoms with E-state index in [9.17, 15) is 9.50 Å². The van der Waals surface area contributed by atoms with E-state index in [1.807, 2.05) is 18.2 Å². The minimum Gasteiger partial charge on any atom is -0.508 e. The number of rotatable bonds is 8. The Bertz CT molecular complexity index is 1070. The first-order valence-electron chi connectivity index (χ1n) is 10.6. The first kappa shape index (κ1) is 21.2. The van der Waals surface area contributed by atoms with Gasteiger partial charge in [0.2, 0.25) is 5.88 Å². The average Bonchev–Trinajstić information content (AvgIpc) is 3.28. The van der Waals surface area contributed by atoms with Crippen LogP contribution in [-0.2, 0) is 0 Å². The van der Waals surface area contributed by atoms with Crippen LogP contribution in [0, 0.1) is 12.7 Å². The molecule has 7 heteroatoms. The molecule has 0 spiro atoms. The van der Waals surface area contributed by atoms with Crippen molar-refractivity contribution in [2.45, 2.75) is 26.2 Å². The smallest absolute Gasteiger partial charge is 0.215 e. The van der Waals surface area contributed by atoms with Crippen LogP contribution in [0.1, 0.15) is 24.8 Å². The van der Waals surface area contributed by atoms with Crippen LogP contribution in [0.15, 0.2) is 36.4 Å². The molecular formula is C24H28FN3O3. The van der Waals surface area contributed by atoms with Crippen molar-refractivity contribution < 1.29 is 19.0 Å². The monoisotopic (exact) mass is 425 g/mol. The third kappa shape index (κ3) is 4.99. The summed E-state index contributed by atoms with van der Waals surface area (Å²) in [4.78, 5) is 6.98. The molecule has 0 atom stereocenters. The van der Waals surface area contributed by atoms with Crippen LogP contribution in [0.3, 0.4) is 0 Å². The summed E-state index contributed by atoms with van der Waals surface area (Å²) < 4.78 is 25.7. The molecule has 1 aromatic heterocycles. The SMILES string of the molecule is COc1cc(Nc2cc(O)c(C)cc2F)c2ccc(OCCCN3CCCC3)cc2n1. The lowest BCUT2D eigenvalue weighted by molar-refractivity contribution is 0.263. The van der Waals surface area contributed by atoms with Gasteiger partial charge in [-0.05, 0) is 63.0 Å². The van der Waals surface area contributed by atoms with E-state index >= 15 is 0 Å². The number of aromatic nitrogens is 1. The van der Waals surface area contributed by atoms with E-state index in [0.29, 0.717) is 29.3 Å². The van der Waals surface area contributed by atoms with Gasteiger partial charge in [0.05, 0.1) is 30.6 Å². The molecule has 1 saturated heterocycles. The van der Waals surface area contributed by atoms with E-state index in [4.69, 9.17) is 9.47 Å². The van der Waals surface area contributed by atoms with Crippen LogP contribution in [0.5, 0.6) is 17.4 Å². The fourth-order valence-corrected chi connectivity index (χ4v) is 3.87. The molecule has 2 aromatic carbocycles. The number of aryl methyl sites for hydroxylation is 1. The van der Waals surface area contributed by atoms with E-state index < -0.39 is 5.82 Å². The quantitative estimate of drug-likeness (QED) is 0.495. The number of hydrogen-bond donors (Lipinski definition) is 2. The van der Waals surface area contributed by atoms with Gasteiger partial charge in [0.1, 0.15) is 17.3 Å². The van der Waals surface area contributed by atoms with Crippen molar-refractivity contribution >= 4 is 22.3 Å². The molecule has 0 aliphatic carbocycles. The van der Waals surface area contributed by atoms with Gasteiger partial charge in [-0.15, -0.1) is 0 Å². The summed E-state index contributed by atoms with van der Waals surface area (Å²) in [6.45, 7) is 5.73. The Labute approximate surface area is 181 Å².